The van der Waals surface area contributed by atoms with E-state index >= 15 is 0 Å². The molecular weight excluding hydrogens is 404 g/mol. The molecule has 32 heavy (non-hydrogen) atoms. The molecule has 0 spiro atoms. The Kier molecular flexibility index (Phi) is 4.34. The summed E-state index contributed by atoms with van der Waals surface area (Å²) in [6.45, 7) is 2.53. The lowest BCUT2D eigenvalue weighted by Gasteiger charge is -2.35. The topological polar surface area (TPSA) is 79.8 Å². The lowest BCUT2D eigenvalue weighted by molar-refractivity contribution is 0.0745. The lowest BCUT2D eigenvalue weighted by Crippen LogP contribution is -2.49. The van der Waals surface area contributed by atoms with Crippen molar-refractivity contribution in [3.05, 3.63) is 78.8 Å². The zero-order valence-electron chi connectivity index (χ0n) is 17.3. The van der Waals surface area contributed by atoms with Crippen molar-refractivity contribution in [2.75, 3.05) is 31.1 Å². The van der Waals surface area contributed by atoms with Crippen LogP contribution in [-0.2, 0) is 0 Å². The van der Waals surface area contributed by atoms with Crippen LogP contribution in [0.2, 0.25) is 0 Å². The molecule has 1 saturated heterocycles. The molecule has 1 aliphatic heterocycles. The predicted molar refractivity (Wildman–Crippen MR) is 121 cm³/mol. The van der Waals surface area contributed by atoms with E-state index in [2.05, 4.69) is 15.1 Å². The van der Waals surface area contributed by atoms with Gasteiger partial charge in [-0.25, -0.2) is 9.38 Å². The van der Waals surface area contributed by atoms with Crippen LogP contribution in [0.25, 0.3) is 27.9 Å². The van der Waals surface area contributed by atoms with Gasteiger partial charge < -0.3 is 14.2 Å². The molecule has 0 aliphatic carbocycles. The van der Waals surface area contributed by atoms with Crippen LogP contribution in [0, 0.1) is 0 Å². The number of benzene rings is 2. The molecule has 0 bridgehead atoms. The second-order valence-electron chi connectivity index (χ2n) is 7.77. The van der Waals surface area contributed by atoms with Crippen LogP contribution in [0.3, 0.4) is 0 Å². The summed E-state index contributed by atoms with van der Waals surface area (Å²) < 4.78 is 7.10. The molecule has 8 heteroatoms. The third kappa shape index (κ3) is 2.99. The highest BCUT2D eigenvalue weighted by atomic mass is 16.3. The summed E-state index contributed by atoms with van der Waals surface area (Å²) in [5, 5.41) is 10.0. The molecular formula is C24H20N6O2. The van der Waals surface area contributed by atoms with E-state index in [4.69, 9.17) is 9.40 Å². The molecule has 3 aromatic heterocycles. The number of piperazine rings is 1. The fraction of sp³-hybridized carbons (Fsp3) is 0.167. The van der Waals surface area contributed by atoms with Crippen LogP contribution in [0.1, 0.15) is 10.4 Å². The summed E-state index contributed by atoms with van der Waals surface area (Å²) in [5.41, 5.74) is 3.21. The van der Waals surface area contributed by atoms with Gasteiger partial charge in [0.25, 0.3) is 5.91 Å². The van der Waals surface area contributed by atoms with Crippen molar-refractivity contribution in [3.63, 3.8) is 0 Å². The average molecular weight is 424 g/mol. The number of hydrogen-bond acceptors (Lipinski definition) is 6. The summed E-state index contributed by atoms with van der Waals surface area (Å²) >= 11 is 0. The van der Waals surface area contributed by atoms with Gasteiger partial charge >= 0.3 is 0 Å². The fourth-order valence-corrected chi connectivity index (χ4v) is 4.23. The highest BCUT2D eigenvalue weighted by Crippen LogP contribution is 2.29. The lowest BCUT2D eigenvalue weighted by atomic mass is 10.2. The van der Waals surface area contributed by atoms with Gasteiger partial charge in [-0.2, -0.15) is 0 Å². The van der Waals surface area contributed by atoms with Crippen LogP contribution in [0.15, 0.2) is 77.6 Å². The van der Waals surface area contributed by atoms with Crippen molar-refractivity contribution in [2.24, 2.45) is 0 Å². The zero-order chi connectivity index (χ0) is 21.5. The number of aromatic nitrogens is 4. The van der Waals surface area contributed by atoms with Crippen molar-refractivity contribution in [1.29, 1.82) is 0 Å². The Bertz CT molecular complexity index is 1400. The third-order valence-corrected chi connectivity index (χ3v) is 5.88. The summed E-state index contributed by atoms with van der Waals surface area (Å²) in [7, 11) is 0. The van der Waals surface area contributed by atoms with E-state index in [1.807, 2.05) is 63.9 Å². The summed E-state index contributed by atoms with van der Waals surface area (Å²) in [4.78, 5) is 21.7. The quantitative estimate of drug-likeness (QED) is 0.441. The number of furan rings is 1. The normalized spacial score (nSPS) is 14.4. The Morgan fingerprint density at radius 1 is 0.875 bits per heavy atom. The summed E-state index contributed by atoms with van der Waals surface area (Å²) in [6, 6.07) is 19.7. The van der Waals surface area contributed by atoms with E-state index in [0.29, 0.717) is 31.7 Å². The Labute approximate surface area is 183 Å². The first-order valence-electron chi connectivity index (χ1n) is 10.6. The van der Waals surface area contributed by atoms with Crippen LogP contribution in [0.5, 0.6) is 0 Å². The Hall–Kier alpha value is -4.20. The SMILES string of the molecule is O=C(c1ccoc1)N1CCN(c2nc3ccccc3c3nnc(-c4ccccc4)n23)CC1. The Balaban J connectivity index is 1.41. The molecule has 158 valence electrons. The predicted octanol–water partition coefficient (Wildman–Crippen LogP) is 3.50. The third-order valence-electron chi connectivity index (χ3n) is 5.88. The number of para-hydroxylation sites is 1. The molecule has 0 N–H and O–H groups in total. The maximum absolute atomic E-state index is 12.7. The fourth-order valence-electron chi connectivity index (χ4n) is 4.23. The van der Waals surface area contributed by atoms with Crippen LogP contribution in [0.4, 0.5) is 5.95 Å². The molecule has 1 aliphatic rings. The van der Waals surface area contributed by atoms with Crippen molar-refractivity contribution >= 4 is 28.4 Å². The van der Waals surface area contributed by atoms with Crippen molar-refractivity contribution in [3.8, 4) is 11.4 Å². The maximum atomic E-state index is 12.7. The van der Waals surface area contributed by atoms with Crippen molar-refractivity contribution in [2.45, 2.75) is 0 Å². The smallest absolute Gasteiger partial charge is 0.257 e. The Morgan fingerprint density at radius 2 is 1.66 bits per heavy atom. The molecule has 0 radical (unpaired) electrons. The van der Waals surface area contributed by atoms with Gasteiger partial charge in [0.15, 0.2) is 11.5 Å². The maximum Gasteiger partial charge on any atom is 0.257 e. The van der Waals surface area contributed by atoms with E-state index < -0.39 is 0 Å². The molecule has 5 aromatic rings. The number of nitrogens with zero attached hydrogens (tertiary/aromatic N) is 6. The highest BCUT2D eigenvalue weighted by Gasteiger charge is 2.26. The number of fused-ring (bicyclic) bond motifs is 3. The second-order valence-corrected chi connectivity index (χ2v) is 7.77. The van der Waals surface area contributed by atoms with Crippen molar-refractivity contribution in [1.82, 2.24) is 24.5 Å². The number of anilines is 1. The van der Waals surface area contributed by atoms with Crippen LogP contribution in [-0.4, -0.2) is 56.6 Å². The van der Waals surface area contributed by atoms with E-state index in [1.54, 1.807) is 6.07 Å². The number of carbonyl (C=O) groups excluding carboxylic acids is 1. The van der Waals surface area contributed by atoms with Crippen LogP contribution < -0.4 is 4.90 Å². The minimum Gasteiger partial charge on any atom is -0.472 e. The number of carbonyl (C=O) groups is 1. The zero-order valence-corrected chi connectivity index (χ0v) is 17.3. The molecule has 4 heterocycles. The van der Waals surface area contributed by atoms with Gasteiger partial charge in [0.05, 0.1) is 17.3 Å². The first kappa shape index (κ1) is 18.6. The van der Waals surface area contributed by atoms with Crippen molar-refractivity contribution < 1.29 is 9.21 Å². The molecule has 1 fully saturated rings. The van der Waals surface area contributed by atoms with Gasteiger partial charge in [-0.05, 0) is 18.2 Å². The van der Waals surface area contributed by atoms with Gasteiger partial charge in [-0.1, -0.05) is 42.5 Å². The highest BCUT2D eigenvalue weighted by molar-refractivity contribution is 5.94. The molecule has 1 amide bonds. The first-order chi connectivity index (χ1) is 15.8. The Morgan fingerprint density at radius 3 is 2.44 bits per heavy atom. The molecule has 6 rings (SSSR count). The number of amides is 1. The molecule has 0 atom stereocenters. The van der Waals surface area contributed by atoms with Crippen LogP contribution >= 0.6 is 0 Å². The molecule has 0 saturated carbocycles. The molecule has 0 unspecified atom stereocenters. The first-order valence-corrected chi connectivity index (χ1v) is 10.6. The second kappa shape index (κ2) is 7.49. The van der Waals surface area contributed by atoms with Gasteiger partial charge in [0.1, 0.15) is 6.26 Å². The molecule has 2 aromatic carbocycles. The largest absolute Gasteiger partial charge is 0.472 e. The van der Waals surface area contributed by atoms with Gasteiger partial charge in [-0.15, -0.1) is 10.2 Å². The van der Waals surface area contributed by atoms with Gasteiger partial charge in [-0.3, -0.25) is 4.79 Å². The van der Waals surface area contributed by atoms with E-state index in [1.165, 1.54) is 12.5 Å². The van der Waals surface area contributed by atoms with E-state index in [9.17, 15) is 4.79 Å². The average Bonchev–Trinajstić information content (AvgIpc) is 3.55. The molecule has 8 nitrogen and oxygen atoms in total. The minimum absolute atomic E-state index is 0.00992. The van der Waals surface area contributed by atoms with E-state index in [0.717, 1.165) is 33.9 Å². The minimum atomic E-state index is -0.00992. The van der Waals surface area contributed by atoms with Gasteiger partial charge in [0, 0.05) is 37.1 Å². The van der Waals surface area contributed by atoms with Gasteiger partial charge in [0.2, 0.25) is 5.95 Å². The number of hydrogen-bond donors (Lipinski definition) is 0. The van der Waals surface area contributed by atoms with E-state index in [-0.39, 0.29) is 5.91 Å². The summed E-state index contributed by atoms with van der Waals surface area (Å²) in [5.74, 6) is 1.54. The number of rotatable bonds is 3. The standard InChI is InChI=1S/C24H20N6O2/c31-23(18-10-15-32-16-18)28-11-13-29(14-12-28)24-25-20-9-5-4-8-19(20)22-27-26-21(30(22)24)17-6-2-1-3-7-17/h1-10,15-16H,11-14H2. The summed E-state index contributed by atoms with van der Waals surface area (Å²) in [6.07, 6.45) is 3.02. The monoisotopic (exact) mass is 424 g/mol.